The average molecular weight is 387 g/mol. The van der Waals surface area contributed by atoms with E-state index < -0.39 is 11.1 Å². The maximum absolute atomic E-state index is 13.8. The van der Waals surface area contributed by atoms with E-state index in [2.05, 4.69) is 15.5 Å². The molecule has 1 N–H and O–H groups in total. The van der Waals surface area contributed by atoms with Gasteiger partial charge in [-0.2, -0.15) is 0 Å². The average Bonchev–Trinajstić information content (AvgIpc) is 3.31. The highest BCUT2D eigenvalue weighted by Crippen LogP contribution is 2.34. The molecule has 3 aromatic rings. The minimum atomic E-state index is -0.510. The zero-order valence-corrected chi connectivity index (χ0v) is 15.0. The number of rotatable bonds is 5. The van der Waals surface area contributed by atoms with Crippen molar-refractivity contribution in [3.63, 3.8) is 0 Å². The van der Waals surface area contributed by atoms with Crippen LogP contribution in [0.4, 0.5) is 10.1 Å². The van der Waals surface area contributed by atoms with E-state index in [1.807, 2.05) is 0 Å². The van der Waals surface area contributed by atoms with Crippen LogP contribution in [0, 0.1) is 5.82 Å². The SMILES string of the molecule is C[C@H](Sc1nnc(-c2ccccc2F)o1)C(=O)Nc1ccc2c(c1)OCO2. The van der Waals surface area contributed by atoms with Gasteiger partial charge in [0.2, 0.25) is 12.7 Å². The van der Waals surface area contributed by atoms with E-state index in [-0.39, 0.29) is 29.4 Å². The summed E-state index contributed by atoms with van der Waals surface area (Å²) in [6.45, 7) is 1.88. The van der Waals surface area contributed by atoms with Crippen LogP contribution in [0.2, 0.25) is 0 Å². The molecule has 7 nitrogen and oxygen atoms in total. The summed E-state index contributed by atoms with van der Waals surface area (Å²) in [5.74, 6) is 0.594. The van der Waals surface area contributed by atoms with Crippen molar-refractivity contribution in [2.75, 3.05) is 12.1 Å². The van der Waals surface area contributed by atoms with Crippen molar-refractivity contribution in [3.8, 4) is 23.0 Å². The molecule has 138 valence electrons. The third kappa shape index (κ3) is 3.72. The van der Waals surface area contributed by atoms with Crippen LogP contribution in [-0.4, -0.2) is 28.1 Å². The Bertz CT molecular complexity index is 994. The molecule has 0 fully saturated rings. The molecule has 9 heteroatoms. The summed E-state index contributed by atoms with van der Waals surface area (Å²) >= 11 is 1.09. The number of hydrogen-bond acceptors (Lipinski definition) is 7. The molecule has 0 bridgehead atoms. The van der Waals surface area contributed by atoms with Crippen LogP contribution in [0.15, 0.2) is 52.1 Å². The van der Waals surface area contributed by atoms with Gasteiger partial charge in [0.1, 0.15) is 5.82 Å². The van der Waals surface area contributed by atoms with Gasteiger partial charge in [0.05, 0.1) is 10.8 Å². The second kappa shape index (κ2) is 7.28. The van der Waals surface area contributed by atoms with E-state index in [4.69, 9.17) is 13.9 Å². The normalized spacial score (nSPS) is 13.4. The molecule has 0 spiro atoms. The highest BCUT2D eigenvalue weighted by Gasteiger charge is 2.21. The number of anilines is 1. The van der Waals surface area contributed by atoms with Crippen molar-refractivity contribution < 1.29 is 23.1 Å². The second-order valence-corrected chi connectivity index (χ2v) is 6.96. The number of fused-ring (bicyclic) bond motifs is 1. The predicted molar refractivity (Wildman–Crippen MR) is 96.2 cm³/mol. The molecule has 1 atom stereocenters. The molecule has 0 aliphatic carbocycles. The summed E-state index contributed by atoms with van der Waals surface area (Å²) in [5, 5.41) is 10.2. The lowest BCUT2D eigenvalue weighted by atomic mass is 10.2. The first kappa shape index (κ1) is 17.3. The Morgan fingerprint density at radius 2 is 2.00 bits per heavy atom. The van der Waals surface area contributed by atoms with Gasteiger partial charge in [-0.3, -0.25) is 4.79 Å². The van der Waals surface area contributed by atoms with Gasteiger partial charge in [-0.15, -0.1) is 10.2 Å². The summed E-state index contributed by atoms with van der Waals surface area (Å²) in [5.41, 5.74) is 0.809. The molecule has 2 heterocycles. The Kier molecular flexibility index (Phi) is 4.68. The highest BCUT2D eigenvalue weighted by atomic mass is 32.2. The van der Waals surface area contributed by atoms with Crippen molar-refractivity contribution in [3.05, 3.63) is 48.3 Å². The number of hydrogen-bond donors (Lipinski definition) is 1. The number of thioether (sulfide) groups is 1. The van der Waals surface area contributed by atoms with Gasteiger partial charge < -0.3 is 19.2 Å². The van der Waals surface area contributed by atoms with Gasteiger partial charge in [0.15, 0.2) is 11.5 Å². The number of aromatic nitrogens is 2. The summed E-state index contributed by atoms with van der Waals surface area (Å²) in [4.78, 5) is 12.4. The number of amides is 1. The highest BCUT2D eigenvalue weighted by molar-refractivity contribution is 8.00. The number of carbonyl (C=O) groups is 1. The first-order valence-electron chi connectivity index (χ1n) is 8.06. The van der Waals surface area contributed by atoms with Gasteiger partial charge in [-0.25, -0.2) is 4.39 Å². The van der Waals surface area contributed by atoms with Gasteiger partial charge in [-0.05, 0) is 31.2 Å². The van der Waals surface area contributed by atoms with Crippen molar-refractivity contribution in [1.82, 2.24) is 10.2 Å². The molecular weight excluding hydrogens is 373 g/mol. The molecule has 0 unspecified atom stereocenters. The van der Waals surface area contributed by atoms with Gasteiger partial charge in [-0.1, -0.05) is 23.9 Å². The zero-order chi connectivity index (χ0) is 18.8. The maximum Gasteiger partial charge on any atom is 0.277 e. The second-order valence-electron chi connectivity index (χ2n) is 5.67. The quantitative estimate of drug-likeness (QED) is 0.668. The van der Waals surface area contributed by atoms with Gasteiger partial charge in [0, 0.05) is 11.8 Å². The largest absolute Gasteiger partial charge is 0.454 e. The number of nitrogens with one attached hydrogen (secondary N) is 1. The van der Waals surface area contributed by atoms with Gasteiger partial charge in [0.25, 0.3) is 11.1 Å². The molecule has 1 aromatic heterocycles. The molecule has 1 amide bonds. The fourth-order valence-electron chi connectivity index (χ4n) is 2.42. The lowest BCUT2D eigenvalue weighted by Crippen LogP contribution is -2.22. The molecule has 1 aliphatic heterocycles. The zero-order valence-electron chi connectivity index (χ0n) is 14.1. The van der Waals surface area contributed by atoms with Gasteiger partial charge >= 0.3 is 0 Å². The minimum absolute atomic E-state index is 0.0685. The Morgan fingerprint density at radius 3 is 2.85 bits per heavy atom. The number of halogens is 1. The predicted octanol–water partition coefficient (Wildman–Crippen LogP) is 3.72. The summed E-state index contributed by atoms with van der Waals surface area (Å²) in [6.07, 6.45) is 0. The molecule has 0 saturated heterocycles. The Labute approximate surface area is 157 Å². The number of carbonyl (C=O) groups excluding carboxylic acids is 1. The molecule has 0 saturated carbocycles. The minimum Gasteiger partial charge on any atom is -0.454 e. The van der Waals surface area contributed by atoms with Crippen LogP contribution in [0.1, 0.15) is 6.92 Å². The first-order valence-corrected chi connectivity index (χ1v) is 8.94. The fraction of sp³-hybridized carbons (Fsp3) is 0.167. The van der Waals surface area contributed by atoms with Crippen molar-refractivity contribution in [2.24, 2.45) is 0 Å². The van der Waals surface area contributed by atoms with E-state index in [1.165, 1.54) is 6.07 Å². The topological polar surface area (TPSA) is 86.5 Å². The maximum atomic E-state index is 13.8. The lowest BCUT2D eigenvalue weighted by Gasteiger charge is -2.10. The van der Waals surface area contributed by atoms with Crippen LogP contribution in [0.3, 0.4) is 0 Å². The van der Waals surface area contributed by atoms with E-state index >= 15 is 0 Å². The van der Waals surface area contributed by atoms with Crippen LogP contribution >= 0.6 is 11.8 Å². The summed E-state index contributed by atoms with van der Waals surface area (Å²) in [6, 6.07) is 11.3. The van der Waals surface area contributed by atoms with Crippen molar-refractivity contribution in [1.29, 1.82) is 0 Å². The summed E-state index contributed by atoms with van der Waals surface area (Å²) < 4.78 is 29.8. The Morgan fingerprint density at radius 1 is 1.19 bits per heavy atom. The third-order valence-electron chi connectivity index (χ3n) is 3.80. The first-order chi connectivity index (χ1) is 13.1. The Balaban J connectivity index is 1.41. The summed E-state index contributed by atoms with van der Waals surface area (Å²) in [7, 11) is 0. The van der Waals surface area contributed by atoms with Crippen LogP contribution in [0.5, 0.6) is 11.5 Å². The molecule has 0 radical (unpaired) electrons. The van der Waals surface area contributed by atoms with Crippen molar-refractivity contribution >= 4 is 23.4 Å². The molecule has 2 aromatic carbocycles. The van der Waals surface area contributed by atoms with E-state index in [0.717, 1.165) is 11.8 Å². The van der Waals surface area contributed by atoms with E-state index in [0.29, 0.717) is 17.2 Å². The lowest BCUT2D eigenvalue weighted by molar-refractivity contribution is -0.115. The Hall–Kier alpha value is -3.07. The van der Waals surface area contributed by atoms with Crippen LogP contribution in [0.25, 0.3) is 11.5 Å². The van der Waals surface area contributed by atoms with Crippen LogP contribution < -0.4 is 14.8 Å². The smallest absolute Gasteiger partial charge is 0.277 e. The standard InChI is InChI=1S/C18H14FN3O4S/c1-10(16(23)20-11-6-7-14-15(8-11)25-9-24-14)27-18-22-21-17(26-18)12-4-2-3-5-13(12)19/h2-8,10H,9H2,1H3,(H,20,23)/t10-/m0/s1. The third-order valence-corrected chi connectivity index (χ3v) is 4.73. The molecule has 4 rings (SSSR count). The monoisotopic (exact) mass is 387 g/mol. The molecule has 27 heavy (non-hydrogen) atoms. The van der Waals surface area contributed by atoms with Crippen LogP contribution in [-0.2, 0) is 4.79 Å². The molecular formula is C18H14FN3O4S. The number of nitrogens with zero attached hydrogens (tertiary/aromatic N) is 2. The number of ether oxygens (including phenoxy) is 2. The molecule has 1 aliphatic rings. The van der Waals surface area contributed by atoms with Crippen molar-refractivity contribution in [2.45, 2.75) is 17.4 Å². The van der Waals surface area contributed by atoms with E-state index in [9.17, 15) is 9.18 Å². The number of benzene rings is 2. The van der Waals surface area contributed by atoms with E-state index in [1.54, 1.807) is 43.3 Å². The fourth-order valence-corrected chi connectivity index (χ4v) is 3.11.